The lowest BCUT2D eigenvalue weighted by atomic mass is 9.96. The van der Waals surface area contributed by atoms with Crippen LogP contribution in [-0.4, -0.2) is 9.55 Å². The molecule has 1 aromatic carbocycles. The number of fused-ring (bicyclic) bond motifs is 1. The van der Waals surface area contributed by atoms with Crippen molar-refractivity contribution >= 4 is 22.6 Å². The molecule has 0 aliphatic heterocycles. The molecule has 0 spiro atoms. The van der Waals surface area contributed by atoms with Gasteiger partial charge in [-0.2, -0.15) is 0 Å². The molecule has 4 heteroatoms. The van der Waals surface area contributed by atoms with E-state index in [4.69, 9.17) is 11.6 Å². The van der Waals surface area contributed by atoms with Crippen LogP contribution in [0.25, 0.3) is 11.0 Å². The van der Waals surface area contributed by atoms with E-state index in [-0.39, 0.29) is 5.82 Å². The fourth-order valence-electron chi connectivity index (χ4n) is 3.31. The Morgan fingerprint density at radius 1 is 1.15 bits per heavy atom. The summed E-state index contributed by atoms with van der Waals surface area (Å²) < 4.78 is 15.8. The zero-order chi connectivity index (χ0) is 13.9. The number of nitrogens with zero attached hydrogens (tertiary/aromatic N) is 2. The maximum atomic E-state index is 13.6. The Morgan fingerprint density at radius 3 is 2.55 bits per heavy atom. The van der Waals surface area contributed by atoms with Gasteiger partial charge >= 0.3 is 0 Å². The molecule has 0 unspecified atom stereocenters. The summed E-state index contributed by atoms with van der Waals surface area (Å²) in [7, 11) is 0. The van der Waals surface area contributed by atoms with Crippen LogP contribution >= 0.6 is 11.6 Å². The zero-order valence-electron chi connectivity index (χ0n) is 11.6. The monoisotopic (exact) mass is 294 g/mol. The highest BCUT2D eigenvalue weighted by atomic mass is 35.5. The predicted octanol–water partition coefficient (Wildman–Crippen LogP) is 5.20. The van der Waals surface area contributed by atoms with E-state index < -0.39 is 0 Å². The molecule has 0 saturated heterocycles. The van der Waals surface area contributed by atoms with Crippen molar-refractivity contribution in [1.82, 2.24) is 9.55 Å². The first kappa shape index (κ1) is 13.9. The van der Waals surface area contributed by atoms with Crippen molar-refractivity contribution in [3.63, 3.8) is 0 Å². The van der Waals surface area contributed by atoms with Crippen LogP contribution < -0.4 is 0 Å². The number of hydrogen-bond donors (Lipinski definition) is 0. The molecule has 108 valence electrons. The maximum absolute atomic E-state index is 13.6. The van der Waals surface area contributed by atoms with Crippen molar-refractivity contribution in [3.05, 3.63) is 29.8 Å². The molecule has 2 nitrogen and oxygen atoms in total. The lowest BCUT2D eigenvalue weighted by molar-refractivity contribution is 0.373. The van der Waals surface area contributed by atoms with E-state index in [0.717, 1.165) is 29.7 Å². The lowest BCUT2D eigenvalue weighted by Gasteiger charge is -2.23. The zero-order valence-corrected chi connectivity index (χ0v) is 12.4. The molecule has 20 heavy (non-hydrogen) atoms. The van der Waals surface area contributed by atoms with Crippen LogP contribution in [0.1, 0.15) is 56.8 Å². The quantitative estimate of drug-likeness (QED) is 0.696. The van der Waals surface area contributed by atoms with Crippen molar-refractivity contribution in [3.8, 4) is 0 Å². The Bertz CT molecular complexity index is 585. The molecule has 3 rings (SSSR count). The van der Waals surface area contributed by atoms with Crippen molar-refractivity contribution in [1.29, 1.82) is 0 Å². The van der Waals surface area contributed by atoms with Crippen LogP contribution in [0.4, 0.5) is 4.39 Å². The third-order valence-electron chi connectivity index (χ3n) is 4.28. The summed E-state index contributed by atoms with van der Waals surface area (Å²) in [6, 6.07) is 5.23. The number of benzene rings is 1. The second-order valence-electron chi connectivity index (χ2n) is 5.66. The highest BCUT2D eigenvalue weighted by Gasteiger charge is 2.19. The fraction of sp³-hybridized carbons (Fsp3) is 0.562. The molecule has 0 N–H and O–H groups in total. The molecule has 0 bridgehead atoms. The van der Waals surface area contributed by atoms with E-state index in [9.17, 15) is 4.39 Å². The van der Waals surface area contributed by atoms with Crippen LogP contribution in [0.15, 0.2) is 18.2 Å². The molecule has 0 atom stereocenters. The smallest absolute Gasteiger partial charge is 0.125 e. The number of rotatable bonds is 2. The minimum Gasteiger partial charge on any atom is -0.324 e. The van der Waals surface area contributed by atoms with Gasteiger partial charge < -0.3 is 4.57 Å². The predicted molar refractivity (Wildman–Crippen MR) is 80.6 cm³/mol. The van der Waals surface area contributed by atoms with Crippen LogP contribution in [0.5, 0.6) is 0 Å². The molecule has 0 radical (unpaired) electrons. The van der Waals surface area contributed by atoms with Crippen LogP contribution in [0.2, 0.25) is 0 Å². The van der Waals surface area contributed by atoms with Gasteiger partial charge in [-0.1, -0.05) is 32.1 Å². The van der Waals surface area contributed by atoms with Gasteiger partial charge in [-0.05, 0) is 31.0 Å². The maximum Gasteiger partial charge on any atom is 0.125 e. The lowest BCUT2D eigenvalue weighted by Crippen LogP contribution is -2.13. The van der Waals surface area contributed by atoms with Crippen molar-refractivity contribution in [2.75, 3.05) is 0 Å². The Morgan fingerprint density at radius 2 is 1.85 bits per heavy atom. The molecule has 2 aromatic rings. The molecule has 1 aliphatic rings. The number of imidazole rings is 1. The van der Waals surface area contributed by atoms with E-state index >= 15 is 0 Å². The van der Waals surface area contributed by atoms with Gasteiger partial charge in [-0.3, -0.25) is 0 Å². The first-order valence-corrected chi connectivity index (χ1v) is 8.05. The van der Waals surface area contributed by atoms with Crippen molar-refractivity contribution in [2.45, 2.75) is 56.9 Å². The van der Waals surface area contributed by atoms with Gasteiger partial charge in [-0.15, -0.1) is 11.6 Å². The van der Waals surface area contributed by atoms with Crippen molar-refractivity contribution in [2.24, 2.45) is 0 Å². The van der Waals surface area contributed by atoms with Gasteiger partial charge in [0.1, 0.15) is 11.6 Å². The fourth-order valence-corrected chi connectivity index (χ4v) is 3.50. The Labute approximate surface area is 123 Å². The van der Waals surface area contributed by atoms with Crippen molar-refractivity contribution < 1.29 is 4.39 Å². The van der Waals surface area contributed by atoms with E-state index in [2.05, 4.69) is 9.55 Å². The summed E-state index contributed by atoms with van der Waals surface area (Å²) in [5, 5.41) is 0. The van der Waals surface area contributed by atoms with Gasteiger partial charge in [0, 0.05) is 6.04 Å². The minimum atomic E-state index is -0.203. The highest BCUT2D eigenvalue weighted by molar-refractivity contribution is 6.16. The molecular formula is C16H20ClFN2. The van der Waals surface area contributed by atoms with Crippen LogP contribution in [0.3, 0.4) is 0 Å². The number of hydrogen-bond acceptors (Lipinski definition) is 1. The molecule has 1 aliphatic carbocycles. The SMILES string of the molecule is Fc1ccc2nc(CCl)n(C3CCCCCCC3)c2c1. The number of aromatic nitrogens is 2. The summed E-state index contributed by atoms with van der Waals surface area (Å²) in [6.07, 6.45) is 8.70. The first-order chi connectivity index (χ1) is 9.79. The summed E-state index contributed by atoms with van der Waals surface area (Å²) in [6.45, 7) is 0. The molecule has 0 amide bonds. The average molecular weight is 295 g/mol. The largest absolute Gasteiger partial charge is 0.324 e. The summed E-state index contributed by atoms with van der Waals surface area (Å²) in [5.41, 5.74) is 1.75. The summed E-state index contributed by atoms with van der Waals surface area (Å²) >= 11 is 6.06. The van der Waals surface area contributed by atoms with E-state index in [1.54, 1.807) is 12.1 Å². The topological polar surface area (TPSA) is 17.8 Å². The van der Waals surface area contributed by atoms with Gasteiger partial charge in [-0.25, -0.2) is 9.37 Å². The standard InChI is InChI=1S/C16H20ClFN2/c17-11-16-19-14-9-8-12(18)10-15(14)20(16)13-6-4-2-1-3-5-7-13/h8-10,13H,1-7,11H2. The molecule has 1 fully saturated rings. The van der Waals surface area contributed by atoms with Gasteiger partial charge in [0.15, 0.2) is 0 Å². The van der Waals surface area contributed by atoms with Gasteiger partial charge in [0.05, 0.1) is 16.9 Å². The Hall–Kier alpha value is -1.09. The number of halogens is 2. The number of alkyl halides is 1. The first-order valence-electron chi connectivity index (χ1n) is 7.52. The average Bonchev–Trinajstić information content (AvgIpc) is 2.76. The summed E-state index contributed by atoms with van der Waals surface area (Å²) in [4.78, 5) is 4.57. The Kier molecular flexibility index (Phi) is 4.25. The summed E-state index contributed by atoms with van der Waals surface area (Å²) in [5.74, 6) is 1.05. The van der Waals surface area contributed by atoms with E-state index in [1.807, 2.05) is 0 Å². The second-order valence-corrected chi connectivity index (χ2v) is 5.93. The normalized spacial score (nSPS) is 18.1. The van der Waals surface area contributed by atoms with E-state index in [1.165, 1.54) is 38.2 Å². The van der Waals surface area contributed by atoms with Gasteiger partial charge in [0.2, 0.25) is 0 Å². The molecule has 1 heterocycles. The molecule has 1 saturated carbocycles. The third-order valence-corrected chi connectivity index (χ3v) is 4.52. The minimum absolute atomic E-state index is 0.203. The van der Waals surface area contributed by atoms with E-state index in [0.29, 0.717) is 11.9 Å². The molecule has 1 aromatic heterocycles. The van der Waals surface area contributed by atoms with Crippen LogP contribution in [0, 0.1) is 5.82 Å². The second kappa shape index (κ2) is 6.13. The van der Waals surface area contributed by atoms with Crippen LogP contribution in [-0.2, 0) is 5.88 Å². The van der Waals surface area contributed by atoms with Gasteiger partial charge in [0.25, 0.3) is 0 Å². The Balaban J connectivity index is 2.04. The highest BCUT2D eigenvalue weighted by Crippen LogP contribution is 2.31. The molecular weight excluding hydrogens is 275 g/mol. The third kappa shape index (κ3) is 2.69.